The van der Waals surface area contributed by atoms with Crippen molar-refractivity contribution in [3.05, 3.63) is 47.2 Å². The van der Waals surface area contributed by atoms with E-state index in [2.05, 4.69) is 0 Å². The van der Waals surface area contributed by atoms with E-state index < -0.39 is 73.3 Å². The van der Waals surface area contributed by atoms with Crippen LogP contribution in [0.15, 0.2) is 36.1 Å². The minimum Gasteiger partial charge on any atom is -0.508 e. The molecule has 2 heterocycles. The standard InChI is InChI=1S/C25H26O15/c26-10-4-13(28)11-6-17(23(38-16(11)5-10)9-1-2-12(27)14(29)3-9)39-25-22(35)21(34)20(33)18(40-25)8-37-24(36)15(30)7-19(31)32/h1-5,15,18,20-22,25-30,33-35H,6-8H2,(H,31,32). The van der Waals surface area contributed by atoms with E-state index in [1.54, 1.807) is 0 Å². The monoisotopic (exact) mass is 566 g/mol. The van der Waals surface area contributed by atoms with Crippen molar-refractivity contribution in [1.29, 1.82) is 0 Å². The van der Waals surface area contributed by atoms with Crippen molar-refractivity contribution in [1.82, 2.24) is 0 Å². The van der Waals surface area contributed by atoms with E-state index in [4.69, 9.17) is 24.1 Å². The number of rotatable bonds is 8. The number of carbonyl (C=O) groups excluding carboxylic acids is 1. The van der Waals surface area contributed by atoms with Crippen LogP contribution in [0.2, 0.25) is 0 Å². The number of ether oxygens (including phenoxy) is 4. The average Bonchev–Trinajstić information content (AvgIpc) is 2.89. The summed E-state index contributed by atoms with van der Waals surface area (Å²) < 4.78 is 21.9. The summed E-state index contributed by atoms with van der Waals surface area (Å²) in [4.78, 5) is 22.6. The molecule has 0 bridgehead atoms. The second-order valence-electron chi connectivity index (χ2n) is 9.05. The van der Waals surface area contributed by atoms with E-state index in [1.165, 1.54) is 12.1 Å². The second-order valence-corrected chi connectivity index (χ2v) is 9.05. The maximum atomic E-state index is 11.9. The van der Waals surface area contributed by atoms with Gasteiger partial charge in [-0.1, -0.05) is 0 Å². The Morgan fingerprint density at radius 2 is 1.68 bits per heavy atom. The topological polar surface area (TPSA) is 253 Å². The molecule has 1 fully saturated rings. The number of aliphatic carboxylic acids is 1. The number of phenolic OH excluding ortho intramolecular Hbond substituents is 4. The lowest BCUT2D eigenvalue weighted by molar-refractivity contribution is -0.292. The first-order valence-electron chi connectivity index (χ1n) is 11.8. The van der Waals surface area contributed by atoms with Gasteiger partial charge in [0.25, 0.3) is 0 Å². The van der Waals surface area contributed by atoms with Crippen molar-refractivity contribution >= 4 is 17.7 Å². The maximum absolute atomic E-state index is 11.9. The molecule has 0 saturated carbocycles. The van der Waals surface area contributed by atoms with Crippen LogP contribution < -0.4 is 4.74 Å². The van der Waals surface area contributed by atoms with Gasteiger partial charge in [0, 0.05) is 29.7 Å². The van der Waals surface area contributed by atoms with E-state index >= 15 is 0 Å². The maximum Gasteiger partial charge on any atom is 0.335 e. The number of aromatic hydroxyl groups is 4. The number of hydrogen-bond acceptors (Lipinski definition) is 14. The van der Waals surface area contributed by atoms with Gasteiger partial charge in [0.15, 0.2) is 23.4 Å². The Labute approximate surface area is 224 Å². The number of allylic oxidation sites excluding steroid dienone is 1. The zero-order chi connectivity index (χ0) is 29.3. The number of hydrogen-bond donors (Lipinski definition) is 9. The van der Waals surface area contributed by atoms with Gasteiger partial charge in [0.1, 0.15) is 54.0 Å². The predicted molar refractivity (Wildman–Crippen MR) is 128 cm³/mol. The number of carboxylic acids is 1. The highest BCUT2D eigenvalue weighted by molar-refractivity contribution is 5.80. The Hall–Kier alpha value is -4.28. The zero-order valence-corrected chi connectivity index (χ0v) is 20.4. The van der Waals surface area contributed by atoms with Crippen LogP contribution in [0.3, 0.4) is 0 Å². The van der Waals surface area contributed by atoms with Crippen molar-refractivity contribution in [2.45, 2.75) is 49.7 Å². The SMILES string of the molecule is O=C(O)CC(O)C(=O)OCC1OC(OC2=C(c3ccc(O)c(O)c3)Oc3cc(O)cc(O)c3C2)C(O)C(O)C1O. The molecule has 1 saturated heterocycles. The predicted octanol–water partition coefficient (Wildman–Crippen LogP) is -0.984. The highest BCUT2D eigenvalue weighted by Crippen LogP contribution is 2.43. The third-order valence-electron chi connectivity index (χ3n) is 6.17. The third-order valence-corrected chi connectivity index (χ3v) is 6.17. The van der Waals surface area contributed by atoms with Crippen LogP contribution in [-0.4, -0.2) is 101 Å². The number of carboxylic acid groups (broad SMARTS) is 1. The second kappa shape index (κ2) is 11.4. The Morgan fingerprint density at radius 3 is 2.35 bits per heavy atom. The van der Waals surface area contributed by atoms with E-state index in [9.17, 15) is 50.4 Å². The zero-order valence-electron chi connectivity index (χ0n) is 20.4. The van der Waals surface area contributed by atoms with Crippen LogP contribution >= 0.6 is 0 Å². The lowest BCUT2D eigenvalue weighted by Crippen LogP contribution is -2.59. The summed E-state index contributed by atoms with van der Waals surface area (Å²) >= 11 is 0. The van der Waals surface area contributed by atoms with Crippen molar-refractivity contribution in [3.63, 3.8) is 0 Å². The summed E-state index contributed by atoms with van der Waals surface area (Å²) in [5.41, 5.74) is 0.311. The largest absolute Gasteiger partial charge is 0.508 e. The molecule has 6 unspecified atom stereocenters. The van der Waals surface area contributed by atoms with Gasteiger partial charge in [-0.25, -0.2) is 4.79 Å². The number of esters is 1. The van der Waals surface area contributed by atoms with Gasteiger partial charge in [-0.2, -0.15) is 0 Å². The van der Waals surface area contributed by atoms with Crippen LogP contribution in [0.4, 0.5) is 0 Å². The van der Waals surface area contributed by atoms with Crippen molar-refractivity contribution in [2.75, 3.05) is 6.61 Å². The van der Waals surface area contributed by atoms with Gasteiger partial charge in [-0.15, -0.1) is 0 Å². The molecule has 0 aromatic heterocycles. The lowest BCUT2D eigenvalue weighted by atomic mass is 9.98. The van der Waals surface area contributed by atoms with Crippen LogP contribution in [0.5, 0.6) is 28.7 Å². The van der Waals surface area contributed by atoms with Crippen LogP contribution in [0.1, 0.15) is 17.5 Å². The summed E-state index contributed by atoms with van der Waals surface area (Å²) in [7, 11) is 0. The summed E-state index contributed by atoms with van der Waals surface area (Å²) in [6.45, 7) is -0.766. The molecular formula is C25H26O15. The molecule has 2 aliphatic rings. The lowest BCUT2D eigenvalue weighted by Gasteiger charge is -2.40. The van der Waals surface area contributed by atoms with Gasteiger partial charge < -0.3 is 64.9 Å². The van der Waals surface area contributed by atoms with Crippen molar-refractivity contribution < 1.29 is 74.5 Å². The number of phenols is 4. The number of benzene rings is 2. The van der Waals surface area contributed by atoms with Gasteiger partial charge in [-0.05, 0) is 18.2 Å². The van der Waals surface area contributed by atoms with Crippen LogP contribution in [0, 0.1) is 0 Å². The molecule has 0 radical (unpaired) electrons. The Morgan fingerprint density at radius 1 is 0.950 bits per heavy atom. The molecule has 2 aliphatic heterocycles. The molecule has 0 spiro atoms. The third kappa shape index (κ3) is 5.98. The minimum absolute atomic E-state index is 0.0256. The molecule has 9 N–H and O–H groups in total. The average molecular weight is 566 g/mol. The van der Waals surface area contributed by atoms with Crippen LogP contribution in [-0.2, 0) is 30.2 Å². The van der Waals surface area contributed by atoms with E-state index in [1.807, 2.05) is 0 Å². The highest BCUT2D eigenvalue weighted by Gasteiger charge is 2.46. The Bertz CT molecular complexity index is 1320. The van der Waals surface area contributed by atoms with Gasteiger partial charge >= 0.3 is 11.9 Å². The molecule has 2 aromatic carbocycles. The fraction of sp³-hybridized carbons (Fsp3) is 0.360. The van der Waals surface area contributed by atoms with Crippen molar-refractivity contribution in [2.24, 2.45) is 0 Å². The molecule has 6 atom stereocenters. The number of aliphatic hydroxyl groups excluding tert-OH is 4. The molecule has 0 aliphatic carbocycles. The first-order valence-corrected chi connectivity index (χ1v) is 11.8. The fourth-order valence-electron chi connectivity index (χ4n) is 4.07. The summed E-state index contributed by atoms with van der Waals surface area (Å²) in [6, 6.07) is 5.89. The van der Waals surface area contributed by atoms with E-state index in [-0.39, 0.29) is 46.3 Å². The van der Waals surface area contributed by atoms with Gasteiger partial charge in [0.2, 0.25) is 6.29 Å². The smallest absolute Gasteiger partial charge is 0.335 e. The van der Waals surface area contributed by atoms with Crippen LogP contribution in [0.25, 0.3) is 5.76 Å². The van der Waals surface area contributed by atoms with E-state index in [0.29, 0.717) is 0 Å². The molecule has 4 rings (SSSR count). The molecule has 2 aromatic rings. The summed E-state index contributed by atoms with van der Waals surface area (Å²) in [5, 5.41) is 89.4. The quantitative estimate of drug-likeness (QED) is 0.137. The highest BCUT2D eigenvalue weighted by atomic mass is 16.7. The molecule has 0 amide bonds. The first-order chi connectivity index (χ1) is 18.8. The molecule has 15 nitrogen and oxygen atoms in total. The Kier molecular flexibility index (Phi) is 8.22. The van der Waals surface area contributed by atoms with Crippen molar-refractivity contribution in [3.8, 4) is 28.7 Å². The molecular weight excluding hydrogens is 540 g/mol. The van der Waals surface area contributed by atoms with E-state index in [0.717, 1.165) is 18.2 Å². The number of aliphatic hydroxyl groups is 4. The molecule has 216 valence electrons. The Balaban J connectivity index is 1.61. The molecule has 15 heteroatoms. The summed E-state index contributed by atoms with van der Waals surface area (Å²) in [5.74, 6) is -4.61. The number of fused-ring (bicyclic) bond motifs is 1. The normalized spacial score (nSPS) is 24.9. The fourth-order valence-corrected chi connectivity index (χ4v) is 4.07. The minimum atomic E-state index is -2.00. The van der Waals surface area contributed by atoms with Gasteiger partial charge in [0.05, 0.1) is 6.42 Å². The number of carbonyl (C=O) groups is 2. The first kappa shape index (κ1) is 28.7. The molecule has 40 heavy (non-hydrogen) atoms. The summed E-state index contributed by atoms with van der Waals surface area (Å²) in [6.07, 6.45) is -11.9. The van der Waals surface area contributed by atoms with Gasteiger partial charge in [-0.3, -0.25) is 4.79 Å².